The van der Waals surface area contributed by atoms with E-state index >= 15 is 0 Å². The zero-order valence-electron chi connectivity index (χ0n) is 8.90. The zero-order valence-corrected chi connectivity index (χ0v) is 10.5. The van der Waals surface area contributed by atoms with Gasteiger partial charge in [0.2, 0.25) is 0 Å². The Morgan fingerprint density at radius 3 is 2.71 bits per heavy atom. The van der Waals surface area contributed by atoms with Gasteiger partial charge in [-0.1, -0.05) is 22.0 Å². The van der Waals surface area contributed by atoms with Crippen LogP contribution in [0.4, 0.5) is 4.39 Å². The normalized spacial score (nSPS) is 12.4. The summed E-state index contributed by atoms with van der Waals surface area (Å²) in [5.74, 6) is 5.21. The first-order valence-electron chi connectivity index (χ1n) is 5.03. The van der Waals surface area contributed by atoms with E-state index in [1.54, 1.807) is 12.4 Å². The Labute approximate surface area is 107 Å². The molecule has 0 aliphatic rings. The van der Waals surface area contributed by atoms with Crippen LogP contribution in [-0.4, -0.2) is 4.98 Å². The van der Waals surface area contributed by atoms with Gasteiger partial charge in [-0.25, -0.2) is 9.82 Å². The molecule has 5 heteroatoms. The number of halogens is 2. The maximum atomic E-state index is 13.3. The molecule has 1 heterocycles. The molecule has 0 radical (unpaired) electrons. The number of hydrogen-bond acceptors (Lipinski definition) is 3. The highest BCUT2D eigenvalue weighted by Crippen LogP contribution is 2.24. The molecule has 1 unspecified atom stereocenters. The molecule has 0 saturated heterocycles. The molecule has 2 rings (SSSR count). The van der Waals surface area contributed by atoms with Crippen LogP contribution in [0.15, 0.2) is 47.2 Å². The van der Waals surface area contributed by atoms with Gasteiger partial charge in [0.05, 0.1) is 6.04 Å². The van der Waals surface area contributed by atoms with Gasteiger partial charge in [-0.05, 0) is 35.4 Å². The molecule has 3 nitrogen and oxygen atoms in total. The van der Waals surface area contributed by atoms with Crippen LogP contribution >= 0.6 is 15.9 Å². The standard InChI is InChI=1S/C12H11BrFN3/c13-10-4-9(5-11(14)6-10)12(17-15)8-2-1-3-16-7-8/h1-7,12,17H,15H2. The van der Waals surface area contributed by atoms with Crippen LogP contribution in [-0.2, 0) is 0 Å². The number of nitrogens with one attached hydrogen (secondary N) is 1. The van der Waals surface area contributed by atoms with Crippen molar-refractivity contribution in [1.82, 2.24) is 10.4 Å². The highest BCUT2D eigenvalue weighted by Gasteiger charge is 2.13. The molecule has 1 aromatic carbocycles. The Hall–Kier alpha value is -1.30. The predicted molar refractivity (Wildman–Crippen MR) is 67.5 cm³/mol. The topological polar surface area (TPSA) is 50.9 Å². The summed E-state index contributed by atoms with van der Waals surface area (Å²) in [6, 6.07) is 8.09. The van der Waals surface area contributed by atoms with Crippen LogP contribution in [0.5, 0.6) is 0 Å². The number of aromatic nitrogens is 1. The summed E-state index contributed by atoms with van der Waals surface area (Å²) in [7, 11) is 0. The van der Waals surface area contributed by atoms with Crippen LogP contribution < -0.4 is 11.3 Å². The lowest BCUT2D eigenvalue weighted by Crippen LogP contribution is -2.29. The summed E-state index contributed by atoms with van der Waals surface area (Å²) in [5.41, 5.74) is 4.29. The van der Waals surface area contributed by atoms with Crippen LogP contribution in [0.25, 0.3) is 0 Å². The summed E-state index contributed by atoms with van der Waals surface area (Å²) in [6.45, 7) is 0. The number of nitrogens with two attached hydrogens (primary N) is 1. The van der Waals surface area contributed by atoms with Crippen molar-refractivity contribution >= 4 is 15.9 Å². The van der Waals surface area contributed by atoms with E-state index in [4.69, 9.17) is 5.84 Å². The number of benzene rings is 1. The third-order valence-corrected chi connectivity index (χ3v) is 2.86. The highest BCUT2D eigenvalue weighted by molar-refractivity contribution is 9.10. The first kappa shape index (κ1) is 12.2. The second kappa shape index (κ2) is 5.35. The van der Waals surface area contributed by atoms with Gasteiger partial charge < -0.3 is 0 Å². The minimum absolute atomic E-state index is 0.282. The summed E-state index contributed by atoms with van der Waals surface area (Å²) >= 11 is 3.26. The largest absolute Gasteiger partial charge is 0.271 e. The van der Waals surface area contributed by atoms with Crippen LogP contribution in [0.3, 0.4) is 0 Å². The third kappa shape index (κ3) is 2.88. The van der Waals surface area contributed by atoms with Crippen LogP contribution in [0.1, 0.15) is 17.2 Å². The summed E-state index contributed by atoms with van der Waals surface area (Å²) in [6.07, 6.45) is 3.38. The number of hydrogen-bond donors (Lipinski definition) is 2. The maximum Gasteiger partial charge on any atom is 0.124 e. The fourth-order valence-electron chi connectivity index (χ4n) is 1.67. The van der Waals surface area contributed by atoms with E-state index < -0.39 is 0 Å². The Morgan fingerprint density at radius 2 is 2.12 bits per heavy atom. The smallest absolute Gasteiger partial charge is 0.124 e. The summed E-state index contributed by atoms with van der Waals surface area (Å²) < 4.78 is 14.0. The molecule has 3 N–H and O–H groups in total. The molecule has 88 valence electrons. The molecule has 1 atom stereocenters. The molecule has 0 bridgehead atoms. The molecular formula is C12H11BrFN3. The van der Waals surface area contributed by atoms with Gasteiger partial charge in [-0.15, -0.1) is 0 Å². The minimum Gasteiger partial charge on any atom is -0.271 e. The van der Waals surface area contributed by atoms with E-state index in [1.165, 1.54) is 12.1 Å². The Balaban J connectivity index is 2.42. The molecule has 0 saturated carbocycles. The lowest BCUT2D eigenvalue weighted by molar-refractivity contribution is 0.603. The SMILES string of the molecule is NNC(c1cccnc1)c1cc(F)cc(Br)c1. The fourth-order valence-corrected chi connectivity index (χ4v) is 2.16. The van der Waals surface area contributed by atoms with E-state index in [0.29, 0.717) is 4.47 Å². The average molecular weight is 296 g/mol. The van der Waals surface area contributed by atoms with Crippen molar-refractivity contribution in [2.45, 2.75) is 6.04 Å². The predicted octanol–water partition coefficient (Wildman–Crippen LogP) is 2.54. The summed E-state index contributed by atoms with van der Waals surface area (Å²) in [4.78, 5) is 4.02. The first-order chi connectivity index (χ1) is 8.20. The molecular weight excluding hydrogens is 285 g/mol. The first-order valence-corrected chi connectivity index (χ1v) is 5.82. The van der Waals surface area contributed by atoms with E-state index in [-0.39, 0.29) is 11.9 Å². The van der Waals surface area contributed by atoms with Gasteiger partial charge in [0, 0.05) is 16.9 Å². The quantitative estimate of drug-likeness (QED) is 0.676. The molecule has 0 aliphatic carbocycles. The molecule has 0 aliphatic heterocycles. The molecule has 1 aromatic heterocycles. The van der Waals surface area contributed by atoms with Gasteiger partial charge in [0.1, 0.15) is 5.82 Å². The van der Waals surface area contributed by atoms with Crippen molar-refractivity contribution in [2.75, 3.05) is 0 Å². The van der Waals surface area contributed by atoms with Crippen molar-refractivity contribution in [3.05, 3.63) is 64.1 Å². The van der Waals surface area contributed by atoms with Crippen LogP contribution in [0, 0.1) is 5.82 Å². The van der Waals surface area contributed by atoms with Crippen LogP contribution in [0.2, 0.25) is 0 Å². The second-order valence-electron chi connectivity index (χ2n) is 3.59. The number of nitrogens with zero attached hydrogens (tertiary/aromatic N) is 1. The number of rotatable bonds is 3. The molecule has 0 fully saturated rings. The third-order valence-electron chi connectivity index (χ3n) is 2.40. The monoisotopic (exact) mass is 295 g/mol. The Kier molecular flexibility index (Phi) is 3.83. The van der Waals surface area contributed by atoms with E-state index in [0.717, 1.165) is 11.1 Å². The zero-order chi connectivity index (χ0) is 12.3. The van der Waals surface area contributed by atoms with Gasteiger partial charge >= 0.3 is 0 Å². The summed E-state index contributed by atoms with van der Waals surface area (Å²) in [5, 5.41) is 0. The highest BCUT2D eigenvalue weighted by atomic mass is 79.9. The maximum absolute atomic E-state index is 13.3. The molecule has 0 amide bonds. The molecule has 17 heavy (non-hydrogen) atoms. The van der Waals surface area contributed by atoms with Crippen molar-refractivity contribution < 1.29 is 4.39 Å². The van der Waals surface area contributed by atoms with Crippen molar-refractivity contribution in [3.63, 3.8) is 0 Å². The van der Waals surface area contributed by atoms with Gasteiger partial charge in [0.25, 0.3) is 0 Å². The molecule has 2 aromatic rings. The van der Waals surface area contributed by atoms with Gasteiger partial charge in [-0.2, -0.15) is 0 Å². The van der Waals surface area contributed by atoms with E-state index in [2.05, 4.69) is 26.3 Å². The van der Waals surface area contributed by atoms with Crippen molar-refractivity contribution in [2.24, 2.45) is 5.84 Å². The van der Waals surface area contributed by atoms with Crippen molar-refractivity contribution in [1.29, 1.82) is 0 Å². The number of pyridine rings is 1. The average Bonchev–Trinajstić information content (AvgIpc) is 2.30. The number of hydrazine groups is 1. The van der Waals surface area contributed by atoms with E-state index in [9.17, 15) is 4.39 Å². The Morgan fingerprint density at radius 1 is 1.29 bits per heavy atom. The lowest BCUT2D eigenvalue weighted by Gasteiger charge is -2.16. The van der Waals surface area contributed by atoms with Gasteiger partial charge in [-0.3, -0.25) is 10.8 Å². The second-order valence-corrected chi connectivity index (χ2v) is 4.50. The van der Waals surface area contributed by atoms with Gasteiger partial charge in [0.15, 0.2) is 0 Å². The van der Waals surface area contributed by atoms with E-state index in [1.807, 2.05) is 18.2 Å². The fraction of sp³-hybridized carbons (Fsp3) is 0.0833. The van der Waals surface area contributed by atoms with Crippen molar-refractivity contribution in [3.8, 4) is 0 Å². The lowest BCUT2D eigenvalue weighted by atomic mass is 10.0. The minimum atomic E-state index is -0.307. The molecule has 0 spiro atoms. The Bertz CT molecular complexity index is 484.